The van der Waals surface area contributed by atoms with E-state index in [2.05, 4.69) is 5.32 Å². The molecule has 1 aliphatic rings. The zero-order chi connectivity index (χ0) is 19.6. The van der Waals surface area contributed by atoms with E-state index in [1.807, 2.05) is 30.3 Å². The quantitative estimate of drug-likeness (QED) is 0.848. The summed E-state index contributed by atoms with van der Waals surface area (Å²) >= 11 is 5.61. The van der Waals surface area contributed by atoms with Gasteiger partial charge in [-0.25, -0.2) is 0 Å². The zero-order valence-corrected chi connectivity index (χ0v) is 14.8. The van der Waals surface area contributed by atoms with E-state index in [9.17, 15) is 22.8 Å². The highest BCUT2D eigenvalue weighted by Gasteiger charge is 2.38. The van der Waals surface area contributed by atoms with Crippen LogP contribution in [0.3, 0.4) is 0 Å². The molecule has 27 heavy (non-hydrogen) atoms. The minimum absolute atomic E-state index is 0.0262. The number of benzene rings is 2. The highest BCUT2D eigenvalue weighted by Crippen LogP contribution is 2.38. The fourth-order valence-electron chi connectivity index (χ4n) is 2.96. The summed E-state index contributed by atoms with van der Waals surface area (Å²) in [7, 11) is 0. The molecule has 1 unspecified atom stereocenters. The Morgan fingerprint density at radius 3 is 2.56 bits per heavy atom. The maximum Gasteiger partial charge on any atom is 0.417 e. The summed E-state index contributed by atoms with van der Waals surface area (Å²) in [6.07, 6.45) is -4.67. The maximum atomic E-state index is 13.0. The fourth-order valence-corrected chi connectivity index (χ4v) is 3.19. The first-order chi connectivity index (χ1) is 12.8. The number of rotatable bonds is 4. The molecule has 0 aromatic heterocycles. The predicted octanol–water partition coefficient (Wildman–Crippen LogP) is 4.03. The van der Waals surface area contributed by atoms with Gasteiger partial charge in [-0.05, 0) is 23.8 Å². The van der Waals surface area contributed by atoms with Gasteiger partial charge in [-0.2, -0.15) is 13.2 Å². The molecular weight excluding hydrogens is 381 g/mol. The van der Waals surface area contributed by atoms with Gasteiger partial charge in [-0.1, -0.05) is 41.9 Å². The van der Waals surface area contributed by atoms with E-state index in [1.54, 1.807) is 0 Å². The minimum Gasteiger partial charge on any atom is -0.352 e. The highest BCUT2D eigenvalue weighted by atomic mass is 35.5. The van der Waals surface area contributed by atoms with Gasteiger partial charge >= 0.3 is 6.18 Å². The second-order valence-electron chi connectivity index (χ2n) is 6.27. The van der Waals surface area contributed by atoms with Crippen molar-refractivity contribution in [1.29, 1.82) is 0 Å². The first-order valence-corrected chi connectivity index (χ1v) is 8.62. The number of amides is 2. The number of carbonyl (C=O) groups is 2. The van der Waals surface area contributed by atoms with Crippen LogP contribution in [0.1, 0.15) is 17.5 Å². The Morgan fingerprint density at radius 2 is 1.89 bits per heavy atom. The SMILES string of the molecule is O=C(NCc1ccccc1)C1CC(=O)N(c2ccc(Cl)c(C(F)(F)F)c2)C1. The molecule has 3 rings (SSSR count). The summed E-state index contributed by atoms with van der Waals surface area (Å²) in [5, 5.41) is 2.32. The van der Waals surface area contributed by atoms with Crippen LogP contribution >= 0.6 is 11.6 Å². The smallest absolute Gasteiger partial charge is 0.352 e. The van der Waals surface area contributed by atoms with Crippen LogP contribution in [-0.4, -0.2) is 18.4 Å². The van der Waals surface area contributed by atoms with E-state index in [0.717, 1.165) is 17.7 Å². The molecule has 1 aliphatic heterocycles. The second kappa shape index (κ2) is 7.60. The lowest BCUT2D eigenvalue weighted by Crippen LogP contribution is -2.32. The molecule has 1 N–H and O–H groups in total. The van der Waals surface area contributed by atoms with Gasteiger partial charge in [0.05, 0.1) is 16.5 Å². The third-order valence-electron chi connectivity index (χ3n) is 4.37. The summed E-state index contributed by atoms with van der Waals surface area (Å²) in [5.41, 5.74) is -0.0129. The lowest BCUT2D eigenvalue weighted by molar-refractivity contribution is -0.137. The summed E-state index contributed by atoms with van der Waals surface area (Å²) in [6, 6.07) is 12.6. The molecule has 1 saturated heterocycles. The number of alkyl halides is 3. The van der Waals surface area contributed by atoms with Crippen molar-refractivity contribution in [3.05, 3.63) is 64.7 Å². The maximum absolute atomic E-state index is 13.0. The third-order valence-corrected chi connectivity index (χ3v) is 4.70. The van der Waals surface area contributed by atoms with Crippen LogP contribution in [0.15, 0.2) is 48.5 Å². The zero-order valence-electron chi connectivity index (χ0n) is 14.1. The number of hydrogen-bond acceptors (Lipinski definition) is 2. The summed E-state index contributed by atoms with van der Waals surface area (Å²) in [5.74, 6) is -1.32. The molecule has 8 heteroatoms. The largest absolute Gasteiger partial charge is 0.417 e. The van der Waals surface area contributed by atoms with Crippen molar-refractivity contribution in [3.63, 3.8) is 0 Å². The van der Waals surface area contributed by atoms with Crippen LogP contribution in [-0.2, 0) is 22.3 Å². The number of carbonyl (C=O) groups excluding carboxylic acids is 2. The monoisotopic (exact) mass is 396 g/mol. The van der Waals surface area contributed by atoms with Gasteiger partial charge in [0.25, 0.3) is 0 Å². The average molecular weight is 397 g/mol. The Balaban J connectivity index is 1.69. The molecule has 1 heterocycles. The van der Waals surface area contributed by atoms with Crippen LogP contribution in [0.5, 0.6) is 0 Å². The number of anilines is 1. The third kappa shape index (κ3) is 4.42. The Bertz CT molecular complexity index is 856. The van der Waals surface area contributed by atoms with E-state index >= 15 is 0 Å². The summed E-state index contributed by atoms with van der Waals surface area (Å²) < 4.78 is 39.1. The van der Waals surface area contributed by atoms with Gasteiger partial charge in [-0.15, -0.1) is 0 Å². The van der Waals surface area contributed by atoms with Crippen molar-refractivity contribution in [3.8, 4) is 0 Å². The van der Waals surface area contributed by atoms with Crippen LogP contribution in [0.4, 0.5) is 18.9 Å². The molecule has 2 aromatic rings. The van der Waals surface area contributed by atoms with Crippen LogP contribution in [0, 0.1) is 5.92 Å². The molecule has 4 nitrogen and oxygen atoms in total. The van der Waals surface area contributed by atoms with E-state index in [0.29, 0.717) is 6.54 Å². The average Bonchev–Trinajstić information content (AvgIpc) is 3.02. The molecule has 0 aliphatic carbocycles. The normalized spacial score (nSPS) is 17.3. The Labute approximate surface area is 158 Å². The second-order valence-corrected chi connectivity index (χ2v) is 6.68. The molecule has 142 valence electrons. The number of hydrogen-bond donors (Lipinski definition) is 1. The first kappa shape index (κ1) is 19.2. The molecular formula is C19H16ClF3N2O2. The fraction of sp³-hybridized carbons (Fsp3) is 0.263. The van der Waals surface area contributed by atoms with Crippen molar-refractivity contribution >= 4 is 29.1 Å². The van der Waals surface area contributed by atoms with Crippen LogP contribution in [0.25, 0.3) is 0 Å². The molecule has 1 atom stereocenters. The van der Waals surface area contributed by atoms with E-state index < -0.39 is 28.6 Å². The predicted molar refractivity (Wildman–Crippen MR) is 95.2 cm³/mol. The first-order valence-electron chi connectivity index (χ1n) is 8.24. The van der Waals surface area contributed by atoms with E-state index in [-0.39, 0.29) is 24.6 Å². The molecule has 0 bridgehead atoms. The van der Waals surface area contributed by atoms with Gasteiger partial charge in [-0.3, -0.25) is 9.59 Å². The highest BCUT2D eigenvalue weighted by molar-refractivity contribution is 6.31. The molecule has 0 radical (unpaired) electrons. The van der Waals surface area contributed by atoms with Crippen LogP contribution in [0.2, 0.25) is 5.02 Å². The number of nitrogens with one attached hydrogen (secondary N) is 1. The van der Waals surface area contributed by atoms with Gasteiger partial charge in [0.1, 0.15) is 0 Å². The molecule has 2 aromatic carbocycles. The standard InChI is InChI=1S/C19H16ClF3N2O2/c20-16-7-6-14(9-15(16)19(21,22)23)25-11-13(8-17(25)26)18(27)24-10-12-4-2-1-3-5-12/h1-7,9,13H,8,10-11H2,(H,24,27). The minimum atomic E-state index is -4.62. The lowest BCUT2D eigenvalue weighted by atomic mass is 10.1. The van der Waals surface area contributed by atoms with Crippen molar-refractivity contribution in [2.75, 3.05) is 11.4 Å². The van der Waals surface area contributed by atoms with E-state index in [1.165, 1.54) is 11.0 Å². The van der Waals surface area contributed by atoms with Crippen molar-refractivity contribution in [2.45, 2.75) is 19.1 Å². The van der Waals surface area contributed by atoms with E-state index in [4.69, 9.17) is 11.6 Å². The molecule has 0 spiro atoms. The van der Waals surface area contributed by atoms with Gasteiger partial charge < -0.3 is 10.2 Å². The summed E-state index contributed by atoms with van der Waals surface area (Å²) in [6.45, 7) is 0.349. The van der Waals surface area contributed by atoms with Crippen molar-refractivity contribution < 1.29 is 22.8 Å². The van der Waals surface area contributed by atoms with Gasteiger partial charge in [0, 0.05) is 25.2 Å². The van der Waals surface area contributed by atoms with Crippen molar-refractivity contribution in [1.82, 2.24) is 5.32 Å². The van der Waals surface area contributed by atoms with Gasteiger partial charge in [0.2, 0.25) is 11.8 Å². The molecule has 2 amide bonds. The summed E-state index contributed by atoms with van der Waals surface area (Å²) in [4.78, 5) is 25.8. The van der Waals surface area contributed by atoms with Crippen molar-refractivity contribution in [2.24, 2.45) is 5.92 Å². The topological polar surface area (TPSA) is 49.4 Å². The number of nitrogens with zero attached hydrogens (tertiary/aromatic N) is 1. The lowest BCUT2D eigenvalue weighted by Gasteiger charge is -2.19. The Kier molecular flexibility index (Phi) is 5.41. The number of halogens is 4. The molecule has 1 fully saturated rings. The Hall–Kier alpha value is -2.54. The molecule has 0 saturated carbocycles. The van der Waals surface area contributed by atoms with Gasteiger partial charge in [0.15, 0.2) is 0 Å². The van der Waals surface area contributed by atoms with Crippen LogP contribution < -0.4 is 10.2 Å². The Morgan fingerprint density at radius 1 is 1.19 bits per heavy atom.